The van der Waals surface area contributed by atoms with E-state index in [1.807, 2.05) is 41.3 Å². The smallest absolute Gasteiger partial charge is 0.270 e. The molecule has 1 fully saturated rings. The lowest BCUT2D eigenvalue weighted by molar-refractivity contribution is -0.133. The maximum atomic E-state index is 13.1. The summed E-state index contributed by atoms with van der Waals surface area (Å²) >= 11 is 0. The lowest BCUT2D eigenvalue weighted by Crippen LogP contribution is -2.52. The summed E-state index contributed by atoms with van der Waals surface area (Å²) in [5.74, 6) is 0.640. The van der Waals surface area contributed by atoms with Crippen molar-refractivity contribution in [1.29, 1.82) is 0 Å². The van der Waals surface area contributed by atoms with Crippen molar-refractivity contribution in [2.45, 2.75) is 36.8 Å². The molecule has 5 rings (SSSR count). The molecule has 0 radical (unpaired) electrons. The van der Waals surface area contributed by atoms with Crippen LogP contribution in [0.1, 0.15) is 46.1 Å². The van der Waals surface area contributed by atoms with Crippen LogP contribution in [-0.4, -0.2) is 55.1 Å². The lowest BCUT2D eigenvalue weighted by Gasteiger charge is -2.44. The van der Waals surface area contributed by atoms with Gasteiger partial charge in [-0.05, 0) is 53.8 Å². The van der Waals surface area contributed by atoms with E-state index in [2.05, 4.69) is 22.4 Å². The fraction of sp³-hybridized carbons (Fsp3) is 0.345. The number of carbonyl (C=O) groups is 2. The lowest BCUT2D eigenvalue weighted by atomic mass is 9.71. The molecule has 2 aliphatic rings. The Morgan fingerprint density at radius 3 is 2.53 bits per heavy atom. The molecule has 7 nitrogen and oxygen atoms in total. The van der Waals surface area contributed by atoms with Crippen molar-refractivity contribution in [2.24, 2.45) is 0 Å². The molecular formula is C29H31N3O4. The highest BCUT2D eigenvalue weighted by molar-refractivity contribution is 5.92. The zero-order valence-electron chi connectivity index (χ0n) is 20.6. The van der Waals surface area contributed by atoms with Gasteiger partial charge >= 0.3 is 0 Å². The molecule has 2 atom stereocenters. The SMILES string of the molecule is COc1cccc(CC(=O)N2CCC3(CC2)c2ccccc2[C@@H](NC(=O)c2ccccn2)[C@@H]3OC)c1. The summed E-state index contributed by atoms with van der Waals surface area (Å²) in [6, 6.07) is 20.9. The summed E-state index contributed by atoms with van der Waals surface area (Å²) < 4.78 is 11.4. The fourth-order valence-electron chi connectivity index (χ4n) is 5.86. The van der Waals surface area contributed by atoms with E-state index in [1.54, 1.807) is 38.6 Å². The summed E-state index contributed by atoms with van der Waals surface area (Å²) in [6.07, 6.45) is 3.26. The van der Waals surface area contributed by atoms with Crippen LogP contribution in [0.2, 0.25) is 0 Å². The summed E-state index contributed by atoms with van der Waals surface area (Å²) in [5.41, 5.74) is 3.31. The molecule has 2 heterocycles. The van der Waals surface area contributed by atoms with Crippen LogP contribution < -0.4 is 10.1 Å². The van der Waals surface area contributed by atoms with E-state index in [1.165, 1.54) is 5.56 Å². The van der Waals surface area contributed by atoms with Crippen molar-refractivity contribution in [3.8, 4) is 5.75 Å². The highest BCUT2D eigenvalue weighted by atomic mass is 16.5. The second kappa shape index (κ2) is 10.1. The third kappa shape index (κ3) is 4.35. The number of rotatable bonds is 6. The normalized spacial score (nSPS) is 20.1. The summed E-state index contributed by atoms with van der Waals surface area (Å²) in [5, 5.41) is 3.18. The first-order valence-electron chi connectivity index (χ1n) is 12.3. The minimum atomic E-state index is -0.292. The summed E-state index contributed by atoms with van der Waals surface area (Å²) in [7, 11) is 3.33. The number of ether oxygens (including phenoxy) is 2. The zero-order valence-corrected chi connectivity index (χ0v) is 20.6. The van der Waals surface area contributed by atoms with Crippen LogP contribution in [0.25, 0.3) is 0 Å². The van der Waals surface area contributed by atoms with E-state index < -0.39 is 0 Å². The first kappa shape index (κ1) is 24.0. The number of methoxy groups -OCH3 is 2. The van der Waals surface area contributed by atoms with Crippen LogP contribution in [0.3, 0.4) is 0 Å². The van der Waals surface area contributed by atoms with Gasteiger partial charge in [0.15, 0.2) is 0 Å². The monoisotopic (exact) mass is 485 g/mol. The van der Waals surface area contributed by atoms with Gasteiger partial charge in [-0.2, -0.15) is 0 Å². The second-order valence-electron chi connectivity index (χ2n) is 9.47. The van der Waals surface area contributed by atoms with Crippen molar-refractivity contribution in [3.63, 3.8) is 0 Å². The van der Waals surface area contributed by atoms with Crippen molar-refractivity contribution >= 4 is 11.8 Å². The Morgan fingerprint density at radius 1 is 1.03 bits per heavy atom. The fourth-order valence-corrected chi connectivity index (χ4v) is 5.86. The quantitative estimate of drug-likeness (QED) is 0.576. The molecule has 7 heteroatoms. The number of hydrogen-bond acceptors (Lipinski definition) is 5. The van der Waals surface area contributed by atoms with Gasteiger partial charge in [0.25, 0.3) is 5.91 Å². The van der Waals surface area contributed by atoms with Gasteiger partial charge in [0.05, 0.1) is 25.7 Å². The van der Waals surface area contributed by atoms with Crippen molar-refractivity contribution in [1.82, 2.24) is 15.2 Å². The van der Waals surface area contributed by atoms with Gasteiger partial charge in [0.2, 0.25) is 5.91 Å². The summed E-state index contributed by atoms with van der Waals surface area (Å²) in [6.45, 7) is 1.27. The third-order valence-electron chi connectivity index (χ3n) is 7.62. The van der Waals surface area contributed by atoms with E-state index >= 15 is 0 Å². The first-order chi connectivity index (χ1) is 17.6. The molecule has 0 unspecified atom stereocenters. The molecule has 36 heavy (non-hydrogen) atoms. The molecule has 0 saturated carbocycles. The number of pyridine rings is 1. The predicted octanol–water partition coefficient (Wildman–Crippen LogP) is 3.69. The maximum Gasteiger partial charge on any atom is 0.270 e. The molecule has 1 aromatic heterocycles. The Morgan fingerprint density at radius 2 is 1.81 bits per heavy atom. The minimum absolute atomic E-state index is 0.110. The van der Waals surface area contributed by atoms with Crippen molar-refractivity contribution < 1.29 is 19.1 Å². The number of amides is 2. The number of likely N-dealkylation sites (tertiary alicyclic amines) is 1. The Balaban J connectivity index is 1.34. The molecule has 1 spiro atoms. The average Bonchev–Trinajstić information content (AvgIpc) is 3.17. The van der Waals surface area contributed by atoms with Gasteiger partial charge < -0.3 is 19.7 Å². The number of fused-ring (bicyclic) bond motifs is 2. The Labute approximate surface area is 211 Å². The number of piperidine rings is 1. The number of aromatic nitrogens is 1. The Kier molecular flexibility index (Phi) is 6.74. The molecule has 2 amide bonds. The van der Waals surface area contributed by atoms with Crippen LogP contribution in [0.5, 0.6) is 5.75 Å². The topological polar surface area (TPSA) is 80.8 Å². The molecule has 0 bridgehead atoms. The van der Waals surface area contributed by atoms with Gasteiger partial charge in [-0.1, -0.05) is 42.5 Å². The zero-order chi connectivity index (χ0) is 25.1. The molecule has 3 aromatic rings. The molecular weight excluding hydrogens is 454 g/mol. The van der Waals surface area contributed by atoms with E-state index in [0.29, 0.717) is 25.2 Å². The standard InChI is InChI=1S/C29H31N3O4/c1-35-21-9-7-8-20(18-21)19-25(33)32-16-13-29(14-17-32)23-11-4-3-10-22(23)26(27(29)36-2)31-28(34)24-12-5-6-15-30-24/h3-12,15,18,26-27H,13-14,16-17,19H2,1-2H3,(H,31,34)/t26-,27+/m1/s1. The first-order valence-corrected chi connectivity index (χ1v) is 12.3. The van der Waals surface area contributed by atoms with E-state index in [9.17, 15) is 9.59 Å². The molecule has 1 N–H and O–H groups in total. The van der Waals surface area contributed by atoms with E-state index in [-0.39, 0.29) is 29.4 Å². The second-order valence-corrected chi connectivity index (χ2v) is 9.47. The molecule has 1 aliphatic heterocycles. The highest BCUT2D eigenvalue weighted by Crippen LogP contribution is 2.52. The van der Waals surface area contributed by atoms with Gasteiger partial charge in [-0.25, -0.2) is 0 Å². The van der Waals surface area contributed by atoms with E-state index in [4.69, 9.17) is 9.47 Å². The third-order valence-corrected chi connectivity index (χ3v) is 7.62. The van der Waals surface area contributed by atoms with Gasteiger partial charge in [-0.3, -0.25) is 14.6 Å². The maximum absolute atomic E-state index is 13.1. The molecule has 2 aromatic carbocycles. The van der Waals surface area contributed by atoms with Crippen LogP contribution in [0, 0.1) is 0 Å². The number of hydrogen-bond donors (Lipinski definition) is 1. The highest BCUT2D eigenvalue weighted by Gasteiger charge is 2.54. The largest absolute Gasteiger partial charge is 0.497 e. The average molecular weight is 486 g/mol. The minimum Gasteiger partial charge on any atom is -0.497 e. The molecule has 1 aliphatic carbocycles. The van der Waals surface area contributed by atoms with Crippen LogP contribution >= 0.6 is 0 Å². The van der Waals surface area contributed by atoms with Crippen molar-refractivity contribution in [2.75, 3.05) is 27.3 Å². The van der Waals surface area contributed by atoms with E-state index in [0.717, 1.165) is 29.7 Å². The van der Waals surface area contributed by atoms with Crippen LogP contribution in [0.4, 0.5) is 0 Å². The van der Waals surface area contributed by atoms with Crippen molar-refractivity contribution in [3.05, 3.63) is 95.3 Å². The van der Waals surface area contributed by atoms with Gasteiger partial charge in [0, 0.05) is 31.8 Å². The molecule has 186 valence electrons. The van der Waals surface area contributed by atoms with Crippen LogP contribution in [-0.2, 0) is 21.4 Å². The Hall–Kier alpha value is -3.71. The summed E-state index contributed by atoms with van der Waals surface area (Å²) in [4.78, 5) is 32.3. The van der Waals surface area contributed by atoms with Gasteiger partial charge in [0.1, 0.15) is 11.4 Å². The van der Waals surface area contributed by atoms with Gasteiger partial charge in [-0.15, -0.1) is 0 Å². The number of benzene rings is 2. The Bertz CT molecular complexity index is 1240. The molecule has 1 saturated heterocycles. The number of nitrogens with zero attached hydrogens (tertiary/aromatic N) is 2. The van der Waals surface area contributed by atoms with Crippen LogP contribution in [0.15, 0.2) is 72.9 Å². The number of nitrogens with one attached hydrogen (secondary N) is 1. The predicted molar refractivity (Wildman–Crippen MR) is 136 cm³/mol. The number of carbonyl (C=O) groups excluding carboxylic acids is 2.